The molecule has 0 spiro atoms. The number of benzene rings is 2. The Morgan fingerprint density at radius 2 is 1.50 bits per heavy atom. The molecular formula is C20H20FNO6. The SMILES string of the molecule is COC(=O)c1cc(NC(=O)CCCOc2ccc(F)cc2)cc(C(=O)OC)c1. The molecular weight excluding hydrogens is 369 g/mol. The highest BCUT2D eigenvalue weighted by Crippen LogP contribution is 2.18. The second-order valence-corrected chi connectivity index (χ2v) is 5.74. The molecule has 0 aliphatic rings. The quantitative estimate of drug-likeness (QED) is 0.551. The summed E-state index contributed by atoms with van der Waals surface area (Å²) >= 11 is 0. The maximum Gasteiger partial charge on any atom is 0.337 e. The van der Waals surface area contributed by atoms with Crippen LogP contribution < -0.4 is 10.1 Å². The fraction of sp³-hybridized carbons (Fsp3) is 0.250. The summed E-state index contributed by atoms with van der Waals surface area (Å²) in [5.74, 6) is -1.45. The van der Waals surface area contributed by atoms with Gasteiger partial charge in [-0.05, 0) is 48.9 Å². The van der Waals surface area contributed by atoms with E-state index in [-0.39, 0.29) is 41.6 Å². The van der Waals surface area contributed by atoms with Crippen molar-refractivity contribution in [3.63, 3.8) is 0 Å². The number of carbonyl (C=O) groups is 3. The van der Waals surface area contributed by atoms with Gasteiger partial charge in [0.25, 0.3) is 0 Å². The van der Waals surface area contributed by atoms with Crippen LogP contribution in [0.1, 0.15) is 33.6 Å². The lowest BCUT2D eigenvalue weighted by molar-refractivity contribution is -0.116. The normalized spacial score (nSPS) is 10.1. The number of rotatable bonds is 8. The molecule has 28 heavy (non-hydrogen) atoms. The lowest BCUT2D eigenvalue weighted by atomic mass is 10.1. The molecule has 0 atom stereocenters. The van der Waals surface area contributed by atoms with E-state index in [4.69, 9.17) is 4.74 Å². The monoisotopic (exact) mass is 389 g/mol. The molecule has 7 nitrogen and oxygen atoms in total. The standard InChI is InChI=1S/C20H20FNO6/c1-26-19(24)13-10-14(20(25)27-2)12-16(11-13)22-18(23)4-3-9-28-17-7-5-15(21)6-8-17/h5-8,10-12H,3-4,9H2,1-2H3,(H,22,23). The first-order valence-electron chi connectivity index (χ1n) is 8.43. The largest absolute Gasteiger partial charge is 0.494 e. The zero-order chi connectivity index (χ0) is 20.5. The number of amides is 1. The maximum absolute atomic E-state index is 12.8. The molecule has 148 valence electrons. The highest BCUT2D eigenvalue weighted by atomic mass is 19.1. The van der Waals surface area contributed by atoms with Crippen LogP contribution in [0.15, 0.2) is 42.5 Å². The Labute approximate surface area is 161 Å². The number of halogens is 1. The molecule has 2 aromatic carbocycles. The number of hydrogen-bond donors (Lipinski definition) is 1. The van der Waals surface area contributed by atoms with Gasteiger partial charge in [-0.1, -0.05) is 0 Å². The molecule has 1 amide bonds. The molecule has 0 aromatic heterocycles. The number of esters is 2. The minimum atomic E-state index is -0.644. The van der Waals surface area contributed by atoms with Crippen molar-refractivity contribution in [2.75, 3.05) is 26.1 Å². The van der Waals surface area contributed by atoms with Gasteiger partial charge < -0.3 is 19.5 Å². The molecule has 0 saturated carbocycles. The number of methoxy groups -OCH3 is 2. The molecule has 1 N–H and O–H groups in total. The topological polar surface area (TPSA) is 90.9 Å². The van der Waals surface area contributed by atoms with Gasteiger partial charge in [0.1, 0.15) is 11.6 Å². The van der Waals surface area contributed by atoms with Crippen LogP contribution >= 0.6 is 0 Å². The van der Waals surface area contributed by atoms with Crippen LogP contribution in [-0.2, 0) is 14.3 Å². The van der Waals surface area contributed by atoms with E-state index < -0.39 is 11.9 Å². The van der Waals surface area contributed by atoms with Crippen molar-refractivity contribution < 1.29 is 33.0 Å². The number of hydrogen-bond acceptors (Lipinski definition) is 6. The van der Waals surface area contributed by atoms with Gasteiger partial charge >= 0.3 is 11.9 Å². The molecule has 0 radical (unpaired) electrons. The van der Waals surface area contributed by atoms with E-state index in [2.05, 4.69) is 14.8 Å². The van der Waals surface area contributed by atoms with Crippen molar-refractivity contribution in [1.29, 1.82) is 0 Å². The van der Waals surface area contributed by atoms with Crippen molar-refractivity contribution in [3.05, 3.63) is 59.4 Å². The first-order valence-corrected chi connectivity index (χ1v) is 8.43. The minimum absolute atomic E-state index is 0.111. The fourth-order valence-corrected chi connectivity index (χ4v) is 2.35. The number of anilines is 1. The summed E-state index contributed by atoms with van der Waals surface area (Å²) in [5.41, 5.74) is 0.494. The average molecular weight is 389 g/mol. The Bertz CT molecular complexity index is 816. The van der Waals surface area contributed by atoms with Crippen LogP contribution in [0.5, 0.6) is 5.75 Å². The first kappa shape index (κ1) is 20.9. The second kappa shape index (κ2) is 10.1. The van der Waals surface area contributed by atoms with E-state index in [1.807, 2.05) is 0 Å². The summed E-state index contributed by atoms with van der Waals surface area (Å²) in [6.45, 7) is 0.272. The minimum Gasteiger partial charge on any atom is -0.494 e. The van der Waals surface area contributed by atoms with Crippen LogP contribution in [0, 0.1) is 5.82 Å². The van der Waals surface area contributed by atoms with E-state index >= 15 is 0 Å². The van der Waals surface area contributed by atoms with E-state index in [9.17, 15) is 18.8 Å². The van der Waals surface area contributed by atoms with Crippen molar-refractivity contribution in [2.45, 2.75) is 12.8 Å². The van der Waals surface area contributed by atoms with E-state index in [0.717, 1.165) is 0 Å². The van der Waals surface area contributed by atoms with Gasteiger partial charge in [-0.3, -0.25) is 4.79 Å². The van der Waals surface area contributed by atoms with Crippen molar-refractivity contribution in [2.24, 2.45) is 0 Å². The summed E-state index contributed by atoms with van der Waals surface area (Å²) in [4.78, 5) is 35.6. The van der Waals surface area contributed by atoms with Gasteiger partial charge in [-0.15, -0.1) is 0 Å². The van der Waals surface area contributed by atoms with Crippen LogP contribution in [0.25, 0.3) is 0 Å². The molecule has 0 saturated heterocycles. The van der Waals surface area contributed by atoms with E-state index in [1.54, 1.807) is 0 Å². The summed E-state index contributed by atoms with van der Waals surface area (Å²) in [6.07, 6.45) is 0.570. The third-order valence-electron chi connectivity index (χ3n) is 3.69. The fourth-order valence-electron chi connectivity index (χ4n) is 2.35. The zero-order valence-corrected chi connectivity index (χ0v) is 15.5. The van der Waals surface area contributed by atoms with Crippen molar-refractivity contribution in [1.82, 2.24) is 0 Å². The van der Waals surface area contributed by atoms with Gasteiger partial charge in [0.15, 0.2) is 0 Å². The predicted molar refractivity (Wildman–Crippen MR) is 98.9 cm³/mol. The summed E-state index contributed by atoms with van der Waals surface area (Å²) in [7, 11) is 2.43. The van der Waals surface area contributed by atoms with Gasteiger partial charge in [-0.2, -0.15) is 0 Å². The molecule has 0 bridgehead atoms. The number of ether oxygens (including phenoxy) is 3. The lowest BCUT2D eigenvalue weighted by Crippen LogP contribution is -2.15. The van der Waals surface area contributed by atoms with E-state index in [1.165, 1.54) is 56.7 Å². The van der Waals surface area contributed by atoms with Crippen LogP contribution in [0.3, 0.4) is 0 Å². The third-order valence-corrected chi connectivity index (χ3v) is 3.69. The Hall–Kier alpha value is -3.42. The van der Waals surface area contributed by atoms with Crippen LogP contribution in [0.2, 0.25) is 0 Å². The van der Waals surface area contributed by atoms with Crippen LogP contribution in [-0.4, -0.2) is 38.7 Å². The highest BCUT2D eigenvalue weighted by molar-refractivity contribution is 5.99. The predicted octanol–water partition coefficient (Wildman–Crippen LogP) is 3.20. The van der Waals surface area contributed by atoms with E-state index in [0.29, 0.717) is 12.2 Å². The molecule has 8 heteroatoms. The summed E-state index contributed by atoms with van der Waals surface area (Å²) in [6, 6.07) is 9.72. The smallest absolute Gasteiger partial charge is 0.337 e. The zero-order valence-electron chi connectivity index (χ0n) is 15.5. The number of nitrogens with one attached hydrogen (secondary N) is 1. The molecule has 0 unspecified atom stereocenters. The molecule has 0 heterocycles. The van der Waals surface area contributed by atoms with Crippen LogP contribution in [0.4, 0.5) is 10.1 Å². The van der Waals surface area contributed by atoms with Crippen molar-refractivity contribution in [3.8, 4) is 5.75 Å². The first-order chi connectivity index (χ1) is 13.4. The molecule has 2 rings (SSSR count). The maximum atomic E-state index is 12.8. The molecule has 0 aliphatic heterocycles. The average Bonchev–Trinajstić information content (AvgIpc) is 2.71. The Kier molecular flexibility index (Phi) is 7.50. The summed E-state index contributed by atoms with van der Waals surface area (Å²) in [5, 5.41) is 2.63. The lowest BCUT2D eigenvalue weighted by Gasteiger charge is -2.10. The Morgan fingerprint density at radius 1 is 0.929 bits per heavy atom. The third kappa shape index (κ3) is 6.08. The summed E-state index contributed by atoms with van der Waals surface area (Å²) < 4.78 is 27.5. The van der Waals surface area contributed by atoms with Gasteiger partial charge in [-0.25, -0.2) is 14.0 Å². The molecule has 2 aromatic rings. The van der Waals surface area contributed by atoms with Gasteiger partial charge in [0.05, 0.1) is 32.0 Å². The second-order valence-electron chi connectivity index (χ2n) is 5.74. The number of carbonyl (C=O) groups excluding carboxylic acids is 3. The van der Waals surface area contributed by atoms with Crippen molar-refractivity contribution >= 4 is 23.5 Å². The highest BCUT2D eigenvalue weighted by Gasteiger charge is 2.15. The Morgan fingerprint density at radius 3 is 2.04 bits per heavy atom. The molecule has 0 fully saturated rings. The Balaban J connectivity index is 1.93. The van der Waals surface area contributed by atoms with Gasteiger partial charge in [0, 0.05) is 12.1 Å². The molecule has 0 aliphatic carbocycles. The van der Waals surface area contributed by atoms with Gasteiger partial charge in [0.2, 0.25) is 5.91 Å².